The monoisotopic (exact) mass is 395 g/mol. The maximum Gasteiger partial charge on any atom is 0.262 e. The first-order valence-electron chi connectivity index (χ1n) is 8.42. The minimum atomic E-state index is -0.520. The van der Waals surface area contributed by atoms with Crippen molar-refractivity contribution in [2.24, 2.45) is 0 Å². The van der Waals surface area contributed by atoms with Crippen LogP contribution in [0, 0.1) is 12.7 Å². The Labute approximate surface area is 163 Å². The highest BCUT2D eigenvalue weighted by atomic mass is 32.1. The van der Waals surface area contributed by atoms with E-state index in [1.54, 1.807) is 36.4 Å². The van der Waals surface area contributed by atoms with Crippen molar-refractivity contribution in [2.75, 3.05) is 11.9 Å². The Kier molecular flexibility index (Phi) is 4.48. The van der Waals surface area contributed by atoms with Crippen molar-refractivity contribution in [3.05, 3.63) is 70.4 Å². The molecule has 1 aliphatic heterocycles. The highest BCUT2D eigenvalue weighted by Gasteiger charge is 2.36. The van der Waals surface area contributed by atoms with Gasteiger partial charge in [-0.1, -0.05) is 12.1 Å². The second-order valence-electron chi connectivity index (χ2n) is 6.22. The van der Waals surface area contributed by atoms with E-state index in [-0.39, 0.29) is 5.82 Å². The van der Waals surface area contributed by atoms with Crippen LogP contribution in [0.15, 0.2) is 48.5 Å². The maximum absolute atomic E-state index is 13.1. The SMILES string of the molecule is Cc1sc(NC(=O)CN2C(=O)c3ccccc3C2=O)nc1-c1ccc(F)cc1. The number of nitrogens with one attached hydrogen (secondary N) is 1. The molecule has 28 heavy (non-hydrogen) atoms. The number of rotatable bonds is 4. The number of aromatic nitrogens is 1. The summed E-state index contributed by atoms with van der Waals surface area (Å²) in [6.45, 7) is 1.45. The quantitative estimate of drug-likeness (QED) is 0.686. The third kappa shape index (κ3) is 3.18. The summed E-state index contributed by atoms with van der Waals surface area (Å²) in [4.78, 5) is 43.2. The van der Waals surface area contributed by atoms with E-state index >= 15 is 0 Å². The lowest BCUT2D eigenvalue weighted by Crippen LogP contribution is -2.37. The number of thiazole rings is 1. The fraction of sp³-hybridized carbons (Fsp3) is 0.100. The van der Waals surface area contributed by atoms with Gasteiger partial charge in [0.05, 0.1) is 16.8 Å². The summed E-state index contributed by atoms with van der Waals surface area (Å²) < 4.78 is 13.1. The Balaban J connectivity index is 1.48. The molecule has 4 rings (SSSR count). The molecule has 8 heteroatoms. The number of anilines is 1. The second kappa shape index (κ2) is 6.97. The van der Waals surface area contributed by atoms with Gasteiger partial charge in [-0.2, -0.15) is 0 Å². The number of benzene rings is 2. The molecular weight excluding hydrogens is 381 g/mol. The van der Waals surface area contributed by atoms with Crippen molar-refractivity contribution >= 4 is 34.2 Å². The molecule has 0 saturated carbocycles. The molecule has 140 valence electrons. The number of amides is 3. The molecule has 0 spiro atoms. The number of carbonyl (C=O) groups excluding carboxylic acids is 3. The number of imide groups is 1. The molecule has 2 aromatic carbocycles. The summed E-state index contributed by atoms with van der Waals surface area (Å²) in [5.41, 5.74) is 1.96. The third-order valence-corrected chi connectivity index (χ3v) is 5.23. The summed E-state index contributed by atoms with van der Waals surface area (Å²) >= 11 is 1.26. The van der Waals surface area contributed by atoms with E-state index in [1.807, 2.05) is 6.92 Å². The van der Waals surface area contributed by atoms with E-state index in [0.717, 1.165) is 15.3 Å². The molecule has 0 radical (unpaired) electrons. The van der Waals surface area contributed by atoms with Gasteiger partial charge in [0.15, 0.2) is 5.13 Å². The Bertz CT molecular complexity index is 1070. The van der Waals surface area contributed by atoms with Crippen molar-refractivity contribution in [3.8, 4) is 11.3 Å². The summed E-state index contributed by atoms with van der Waals surface area (Å²) in [6, 6.07) is 12.4. The van der Waals surface area contributed by atoms with Crippen LogP contribution in [0.2, 0.25) is 0 Å². The van der Waals surface area contributed by atoms with E-state index in [9.17, 15) is 18.8 Å². The van der Waals surface area contributed by atoms with Gasteiger partial charge in [-0.05, 0) is 43.3 Å². The molecule has 2 heterocycles. The number of aryl methyl sites for hydroxylation is 1. The van der Waals surface area contributed by atoms with E-state index in [2.05, 4.69) is 10.3 Å². The van der Waals surface area contributed by atoms with Crippen molar-refractivity contribution < 1.29 is 18.8 Å². The standard InChI is InChI=1S/C20H14FN3O3S/c1-11-17(12-6-8-13(21)9-7-12)23-20(28-11)22-16(25)10-24-18(26)14-4-2-3-5-15(14)19(24)27/h2-9H,10H2,1H3,(H,22,23,25). The first-order chi connectivity index (χ1) is 13.4. The predicted octanol–water partition coefficient (Wildman–Crippen LogP) is 3.49. The van der Waals surface area contributed by atoms with Crippen molar-refractivity contribution in [1.82, 2.24) is 9.88 Å². The van der Waals surface area contributed by atoms with E-state index in [0.29, 0.717) is 22.0 Å². The van der Waals surface area contributed by atoms with Crippen LogP contribution < -0.4 is 5.32 Å². The predicted molar refractivity (Wildman–Crippen MR) is 103 cm³/mol. The molecule has 1 N–H and O–H groups in total. The minimum Gasteiger partial charge on any atom is -0.300 e. The van der Waals surface area contributed by atoms with Gasteiger partial charge in [-0.3, -0.25) is 19.3 Å². The molecule has 0 saturated heterocycles. The zero-order valence-corrected chi connectivity index (χ0v) is 15.5. The smallest absolute Gasteiger partial charge is 0.262 e. The lowest BCUT2D eigenvalue weighted by molar-refractivity contribution is -0.116. The van der Waals surface area contributed by atoms with Gasteiger partial charge in [0.25, 0.3) is 11.8 Å². The van der Waals surface area contributed by atoms with Gasteiger partial charge in [-0.15, -0.1) is 11.3 Å². The van der Waals surface area contributed by atoms with Crippen molar-refractivity contribution in [2.45, 2.75) is 6.92 Å². The zero-order valence-electron chi connectivity index (χ0n) is 14.7. The van der Waals surface area contributed by atoms with Gasteiger partial charge in [0.2, 0.25) is 5.91 Å². The number of carbonyl (C=O) groups is 3. The van der Waals surface area contributed by atoms with E-state index in [4.69, 9.17) is 0 Å². The molecule has 3 aromatic rings. The molecule has 6 nitrogen and oxygen atoms in total. The molecule has 1 aromatic heterocycles. The van der Waals surface area contributed by atoms with Gasteiger partial charge in [0, 0.05) is 10.4 Å². The molecule has 0 atom stereocenters. The molecular formula is C20H14FN3O3S. The highest BCUT2D eigenvalue weighted by Crippen LogP contribution is 2.30. The van der Waals surface area contributed by atoms with Crippen LogP contribution in [0.3, 0.4) is 0 Å². The lowest BCUT2D eigenvalue weighted by Gasteiger charge is -2.12. The molecule has 0 bridgehead atoms. The van der Waals surface area contributed by atoms with Gasteiger partial charge < -0.3 is 5.32 Å². The van der Waals surface area contributed by atoms with Gasteiger partial charge in [-0.25, -0.2) is 9.37 Å². The summed E-state index contributed by atoms with van der Waals surface area (Å²) in [7, 11) is 0. The van der Waals surface area contributed by atoms with Crippen LogP contribution in [0.5, 0.6) is 0 Å². The van der Waals surface area contributed by atoms with Crippen LogP contribution in [0.4, 0.5) is 9.52 Å². The van der Waals surface area contributed by atoms with Gasteiger partial charge in [0.1, 0.15) is 12.4 Å². The number of fused-ring (bicyclic) bond motifs is 1. The molecule has 0 fully saturated rings. The lowest BCUT2D eigenvalue weighted by atomic mass is 10.1. The Morgan fingerprint density at radius 2 is 1.68 bits per heavy atom. The largest absolute Gasteiger partial charge is 0.300 e. The number of hydrogen-bond acceptors (Lipinski definition) is 5. The molecule has 0 aliphatic carbocycles. The van der Waals surface area contributed by atoms with Crippen LogP contribution in [0.25, 0.3) is 11.3 Å². The Morgan fingerprint density at radius 3 is 2.29 bits per heavy atom. The average Bonchev–Trinajstić information content (AvgIpc) is 3.15. The van der Waals surface area contributed by atoms with Crippen molar-refractivity contribution in [1.29, 1.82) is 0 Å². The number of hydrogen-bond donors (Lipinski definition) is 1. The highest BCUT2D eigenvalue weighted by molar-refractivity contribution is 7.16. The fourth-order valence-electron chi connectivity index (χ4n) is 3.01. The van der Waals surface area contributed by atoms with Crippen LogP contribution in [0.1, 0.15) is 25.6 Å². The Hall–Kier alpha value is -3.39. The maximum atomic E-state index is 13.1. The molecule has 1 aliphatic rings. The van der Waals surface area contributed by atoms with E-state index in [1.165, 1.54) is 23.5 Å². The normalized spacial score (nSPS) is 13.0. The third-order valence-electron chi connectivity index (χ3n) is 4.34. The average molecular weight is 395 g/mol. The zero-order chi connectivity index (χ0) is 19.8. The summed E-state index contributed by atoms with van der Waals surface area (Å²) in [5.74, 6) is -1.84. The fourth-order valence-corrected chi connectivity index (χ4v) is 3.86. The molecule has 0 unspecified atom stereocenters. The minimum absolute atomic E-state index is 0.295. The number of halogens is 1. The Morgan fingerprint density at radius 1 is 1.07 bits per heavy atom. The number of nitrogens with zero attached hydrogens (tertiary/aromatic N) is 2. The summed E-state index contributed by atoms with van der Waals surface area (Å²) in [6.07, 6.45) is 0. The van der Waals surface area contributed by atoms with Crippen LogP contribution in [-0.4, -0.2) is 34.2 Å². The van der Waals surface area contributed by atoms with Gasteiger partial charge >= 0.3 is 0 Å². The van der Waals surface area contributed by atoms with Crippen LogP contribution >= 0.6 is 11.3 Å². The first-order valence-corrected chi connectivity index (χ1v) is 9.24. The topological polar surface area (TPSA) is 79.4 Å². The molecule has 3 amide bonds. The second-order valence-corrected chi connectivity index (χ2v) is 7.42. The first kappa shape index (κ1) is 18.0. The van der Waals surface area contributed by atoms with Crippen LogP contribution in [-0.2, 0) is 4.79 Å². The summed E-state index contributed by atoms with van der Waals surface area (Å²) in [5, 5.41) is 2.97. The van der Waals surface area contributed by atoms with Crippen molar-refractivity contribution in [3.63, 3.8) is 0 Å². The van der Waals surface area contributed by atoms with E-state index < -0.39 is 24.3 Å².